The van der Waals surface area contributed by atoms with Gasteiger partial charge in [-0.3, -0.25) is 4.79 Å². The van der Waals surface area contributed by atoms with E-state index in [1.54, 1.807) is 11.3 Å². The number of nitrogens with zero attached hydrogens (tertiary/aromatic N) is 2. The van der Waals surface area contributed by atoms with Gasteiger partial charge in [0.15, 0.2) is 5.13 Å². The first-order valence-electron chi connectivity index (χ1n) is 7.35. The lowest BCUT2D eigenvalue weighted by atomic mass is 9.93. The van der Waals surface area contributed by atoms with Gasteiger partial charge in [0, 0.05) is 30.3 Å². The molecule has 1 aliphatic heterocycles. The zero-order valence-corrected chi connectivity index (χ0v) is 12.4. The minimum absolute atomic E-state index is 0.161. The molecule has 2 bridgehead atoms. The number of hydrogen-bond donors (Lipinski definition) is 1. The molecule has 0 radical (unpaired) electrons. The van der Waals surface area contributed by atoms with E-state index in [9.17, 15) is 4.79 Å². The van der Waals surface area contributed by atoms with Crippen molar-refractivity contribution in [2.45, 2.75) is 25.8 Å². The Morgan fingerprint density at radius 3 is 3.10 bits per heavy atom. The van der Waals surface area contributed by atoms with E-state index in [1.165, 1.54) is 10.6 Å². The van der Waals surface area contributed by atoms with E-state index < -0.39 is 0 Å². The van der Waals surface area contributed by atoms with Crippen LogP contribution in [0.4, 0.5) is 5.13 Å². The third kappa shape index (κ3) is 2.09. The highest BCUT2D eigenvalue weighted by atomic mass is 32.1. The minimum atomic E-state index is 0.161. The van der Waals surface area contributed by atoms with Crippen molar-refractivity contribution in [1.29, 1.82) is 0 Å². The van der Waals surface area contributed by atoms with Gasteiger partial charge >= 0.3 is 0 Å². The van der Waals surface area contributed by atoms with Crippen LogP contribution in [0.2, 0.25) is 0 Å². The maximum atomic E-state index is 12.4. The minimum Gasteiger partial charge on any atom is -0.302 e. The predicted molar refractivity (Wildman–Crippen MR) is 79.6 cm³/mol. The van der Waals surface area contributed by atoms with Crippen molar-refractivity contribution in [3.05, 3.63) is 22.7 Å². The van der Waals surface area contributed by atoms with Gasteiger partial charge in [0.25, 0.3) is 0 Å². The summed E-state index contributed by atoms with van der Waals surface area (Å²) in [5.41, 5.74) is 1.18. The van der Waals surface area contributed by atoms with Gasteiger partial charge in [-0.25, -0.2) is 4.98 Å². The van der Waals surface area contributed by atoms with E-state index in [2.05, 4.69) is 34.4 Å². The summed E-state index contributed by atoms with van der Waals surface area (Å²) in [6, 6.07) is 0. The Hall–Kier alpha value is -1.20. The zero-order valence-electron chi connectivity index (χ0n) is 11.6. The summed E-state index contributed by atoms with van der Waals surface area (Å²) in [4.78, 5) is 20.6. The second kappa shape index (κ2) is 4.67. The average molecular weight is 289 g/mol. The highest BCUT2D eigenvalue weighted by molar-refractivity contribution is 7.15. The third-order valence-electron chi connectivity index (χ3n) is 4.77. The number of carbonyl (C=O) groups is 1. The number of fused-ring (bicyclic) bond motifs is 3. The van der Waals surface area contributed by atoms with Crippen LogP contribution in [-0.2, 0) is 17.8 Å². The molecule has 106 valence electrons. The third-order valence-corrected chi connectivity index (χ3v) is 5.77. The van der Waals surface area contributed by atoms with Crippen molar-refractivity contribution in [3.8, 4) is 0 Å². The maximum Gasteiger partial charge on any atom is 0.229 e. The summed E-state index contributed by atoms with van der Waals surface area (Å²) in [5.74, 6) is 1.42. The molecule has 0 saturated heterocycles. The summed E-state index contributed by atoms with van der Waals surface area (Å²) in [6.07, 6.45) is 7.67. The molecule has 3 aliphatic rings. The highest BCUT2D eigenvalue weighted by Crippen LogP contribution is 2.44. The second-order valence-corrected chi connectivity index (χ2v) is 7.34. The van der Waals surface area contributed by atoms with Crippen LogP contribution in [0.1, 0.15) is 23.4 Å². The topological polar surface area (TPSA) is 45.2 Å². The molecule has 3 unspecified atom stereocenters. The summed E-state index contributed by atoms with van der Waals surface area (Å²) in [6.45, 7) is 2.01. The first-order chi connectivity index (χ1) is 9.69. The van der Waals surface area contributed by atoms with Crippen molar-refractivity contribution >= 4 is 22.4 Å². The van der Waals surface area contributed by atoms with E-state index in [0.29, 0.717) is 11.8 Å². The average Bonchev–Trinajstić information content (AvgIpc) is 3.11. The van der Waals surface area contributed by atoms with Crippen molar-refractivity contribution < 1.29 is 4.79 Å². The largest absolute Gasteiger partial charge is 0.302 e. The zero-order chi connectivity index (χ0) is 13.7. The lowest BCUT2D eigenvalue weighted by Gasteiger charge is -2.20. The Labute approximate surface area is 122 Å². The van der Waals surface area contributed by atoms with Crippen LogP contribution in [-0.4, -0.2) is 29.4 Å². The standard InChI is InChI=1S/C15H19N3OS/c1-18-5-4-12-13(8-18)20-15(16-12)17-14(19)11-7-9-2-3-10(11)6-9/h2-3,9-11H,4-8H2,1H3,(H,16,17,19). The maximum absolute atomic E-state index is 12.4. The molecule has 4 rings (SSSR count). The van der Waals surface area contributed by atoms with E-state index >= 15 is 0 Å². The van der Waals surface area contributed by atoms with Gasteiger partial charge in [0.05, 0.1) is 5.69 Å². The molecule has 3 atom stereocenters. The molecule has 4 nitrogen and oxygen atoms in total. The van der Waals surface area contributed by atoms with Gasteiger partial charge in [0.1, 0.15) is 0 Å². The number of allylic oxidation sites excluding steroid dienone is 2. The van der Waals surface area contributed by atoms with E-state index in [1.807, 2.05) is 0 Å². The van der Waals surface area contributed by atoms with Crippen LogP contribution in [0.15, 0.2) is 12.2 Å². The molecule has 20 heavy (non-hydrogen) atoms. The molecule has 1 aromatic heterocycles. The number of rotatable bonds is 2. The molecular formula is C15H19N3OS. The van der Waals surface area contributed by atoms with Crippen LogP contribution < -0.4 is 5.32 Å². The van der Waals surface area contributed by atoms with Crippen LogP contribution in [0, 0.1) is 17.8 Å². The van der Waals surface area contributed by atoms with Gasteiger partial charge in [-0.2, -0.15) is 0 Å². The summed E-state index contributed by atoms with van der Waals surface area (Å²) >= 11 is 1.64. The Morgan fingerprint density at radius 1 is 1.45 bits per heavy atom. The Bertz CT molecular complexity index is 580. The van der Waals surface area contributed by atoms with Gasteiger partial charge in [-0.05, 0) is 31.7 Å². The molecular weight excluding hydrogens is 270 g/mol. The highest BCUT2D eigenvalue weighted by Gasteiger charge is 2.40. The van der Waals surface area contributed by atoms with Gasteiger partial charge < -0.3 is 10.2 Å². The lowest BCUT2D eigenvalue weighted by molar-refractivity contribution is -0.120. The fourth-order valence-electron chi connectivity index (χ4n) is 3.66. The lowest BCUT2D eigenvalue weighted by Crippen LogP contribution is -2.26. The first kappa shape index (κ1) is 12.5. The SMILES string of the molecule is CN1CCc2nc(NC(=O)C3CC4C=CC3C4)sc2C1. The van der Waals surface area contributed by atoms with Gasteiger partial charge in [-0.15, -0.1) is 11.3 Å². The molecule has 0 aromatic carbocycles. The number of nitrogens with one attached hydrogen (secondary N) is 1. The van der Waals surface area contributed by atoms with Gasteiger partial charge in [0.2, 0.25) is 5.91 Å². The number of likely N-dealkylation sites (N-methyl/N-ethyl adjacent to an activating group) is 1. The molecule has 1 saturated carbocycles. The predicted octanol–water partition coefficient (Wildman–Crippen LogP) is 2.28. The number of thiazole rings is 1. The first-order valence-corrected chi connectivity index (χ1v) is 8.17. The molecule has 0 spiro atoms. The quantitative estimate of drug-likeness (QED) is 0.850. The van der Waals surface area contributed by atoms with E-state index in [4.69, 9.17) is 0 Å². The van der Waals surface area contributed by atoms with Crippen molar-refractivity contribution in [3.63, 3.8) is 0 Å². The van der Waals surface area contributed by atoms with Crippen molar-refractivity contribution in [1.82, 2.24) is 9.88 Å². The van der Waals surface area contributed by atoms with E-state index in [0.717, 1.165) is 37.5 Å². The fourth-order valence-corrected chi connectivity index (χ4v) is 4.75. The van der Waals surface area contributed by atoms with Crippen LogP contribution in [0.3, 0.4) is 0 Å². The Balaban J connectivity index is 1.47. The van der Waals surface area contributed by atoms with E-state index in [-0.39, 0.29) is 11.8 Å². The fraction of sp³-hybridized carbons (Fsp3) is 0.600. The number of hydrogen-bond acceptors (Lipinski definition) is 4. The molecule has 1 fully saturated rings. The smallest absolute Gasteiger partial charge is 0.229 e. The molecule has 1 amide bonds. The number of amides is 1. The van der Waals surface area contributed by atoms with Crippen LogP contribution in [0.5, 0.6) is 0 Å². The van der Waals surface area contributed by atoms with Crippen molar-refractivity contribution in [2.75, 3.05) is 18.9 Å². The van der Waals surface area contributed by atoms with Crippen molar-refractivity contribution in [2.24, 2.45) is 17.8 Å². The molecule has 1 aromatic rings. The summed E-state index contributed by atoms with van der Waals surface area (Å²) in [5, 5.41) is 3.85. The van der Waals surface area contributed by atoms with Crippen LogP contribution in [0.25, 0.3) is 0 Å². The molecule has 2 aliphatic carbocycles. The van der Waals surface area contributed by atoms with Gasteiger partial charge in [-0.1, -0.05) is 12.2 Å². The number of anilines is 1. The monoisotopic (exact) mass is 289 g/mol. The summed E-state index contributed by atoms with van der Waals surface area (Å²) in [7, 11) is 2.13. The molecule has 1 N–H and O–H groups in total. The second-order valence-electron chi connectivity index (χ2n) is 6.25. The number of carbonyl (C=O) groups excluding carboxylic acids is 1. The molecule has 2 heterocycles. The van der Waals surface area contributed by atoms with Crippen LogP contribution >= 0.6 is 11.3 Å². The number of aromatic nitrogens is 1. The summed E-state index contributed by atoms with van der Waals surface area (Å²) < 4.78 is 0. The Kier molecular flexibility index (Phi) is 2.93. The molecule has 5 heteroatoms. The normalized spacial score (nSPS) is 31.6. The Morgan fingerprint density at radius 2 is 2.35 bits per heavy atom.